The Balaban J connectivity index is 2.20. The Morgan fingerprint density at radius 3 is 2.20 bits per heavy atom. The maximum absolute atomic E-state index is 13.4. The lowest BCUT2D eigenvalue weighted by Gasteiger charge is -2.19. The van der Waals surface area contributed by atoms with Crippen LogP contribution in [0.2, 0.25) is 0 Å². The van der Waals surface area contributed by atoms with E-state index in [0.29, 0.717) is 17.1 Å². The van der Waals surface area contributed by atoms with Crippen molar-refractivity contribution in [2.75, 3.05) is 0 Å². The van der Waals surface area contributed by atoms with Crippen LogP contribution in [0.25, 0.3) is 0 Å². The van der Waals surface area contributed by atoms with Crippen LogP contribution in [0.4, 0.5) is 4.39 Å². The number of ether oxygens (including phenoxy) is 1. The largest absolute Gasteiger partial charge is 0.457 e. The molecule has 2 nitrogen and oxygen atoms in total. The number of halogens is 1. The molecule has 0 aliphatic rings. The van der Waals surface area contributed by atoms with Crippen LogP contribution in [0.5, 0.6) is 11.5 Å². The predicted molar refractivity (Wildman–Crippen MR) is 79.5 cm³/mol. The van der Waals surface area contributed by atoms with Crippen LogP contribution in [0.15, 0.2) is 42.5 Å². The second-order valence-electron chi connectivity index (χ2n) is 5.88. The van der Waals surface area contributed by atoms with Gasteiger partial charge in [0.1, 0.15) is 17.3 Å². The van der Waals surface area contributed by atoms with Gasteiger partial charge in [0.05, 0.1) is 0 Å². The van der Waals surface area contributed by atoms with Crippen molar-refractivity contribution in [1.29, 1.82) is 0 Å². The minimum Gasteiger partial charge on any atom is -0.457 e. The standard InChI is InChI=1S/C17H20FNO/c1-17(2,3)13-4-6-15(7-5-13)20-16-9-12(11-19)8-14(18)10-16/h4-10H,11,19H2,1-3H3. The second-order valence-corrected chi connectivity index (χ2v) is 5.88. The molecule has 0 fully saturated rings. The zero-order chi connectivity index (χ0) is 14.8. The van der Waals surface area contributed by atoms with Gasteiger partial charge in [0.25, 0.3) is 0 Å². The fourth-order valence-corrected chi connectivity index (χ4v) is 1.96. The quantitative estimate of drug-likeness (QED) is 0.901. The van der Waals surface area contributed by atoms with Gasteiger partial charge >= 0.3 is 0 Å². The molecule has 0 saturated heterocycles. The minimum absolute atomic E-state index is 0.101. The number of hydrogen-bond donors (Lipinski definition) is 1. The van der Waals surface area contributed by atoms with Crippen molar-refractivity contribution in [3.05, 3.63) is 59.4 Å². The normalized spacial score (nSPS) is 11.4. The van der Waals surface area contributed by atoms with Crippen LogP contribution in [0, 0.1) is 5.82 Å². The molecule has 2 rings (SSSR count). The van der Waals surface area contributed by atoms with Gasteiger partial charge in [-0.05, 0) is 40.8 Å². The third-order valence-corrected chi connectivity index (χ3v) is 3.12. The highest BCUT2D eigenvalue weighted by Crippen LogP contribution is 2.27. The SMILES string of the molecule is CC(C)(C)c1ccc(Oc2cc(F)cc(CN)c2)cc1. The van der Waals surface area contributed by atoms with E-state index in [1.54, 1.807) is 6.07 Å². The molecular weight excluding hydrogens is 253 g/mol. The zero-order valence-electron chi connectivity index (χ0n) is 12.1. The molecule has 20 heavy (non-hydrogen) atoms. The maximum atomic E-state index is 13.4. The average Bonchev–Trinajstić information content (AvgIpc) is 2.37. The number of hydrogen-bond acceptors (Lipinski definition) is 2. The summed E-state index contributed by atoms with van der Waals surface area (Å²) in [5, 5.41) is 0. The Morgan fingerprint density at radius 2 is 1.65 bits per heavy atom. The lowest BCUT2D eigenvalue weighted by molar-refractivity contribution is 0.474. The first-order valence-corrected chi connectivity index (χ1v) is 6.66. The molecule has 0 radical (unpaired) electrons. The van der Waals surface area contributed by atoms with E-state index in [-0.39, 0.29) is 17.8 Å². The molecule has 0 aliphatic carbocycles. The summed E-state index contributed by atoms with van der Waals surface area (Å²) in [4.78, 5) is 0. The Bertz CT molecular complexity index is 585. The van der Waals surface area contributed by atoms with Crippen molar-refractivity contribution in [3.8, 4) is 11.5 Å². The lowest BCUT2D eigenvalue weighted by atomic mass is 9.87. The van der Waals surface area contributed by atoms with Gasteiger partial charge in [0.15, 0.2) is 0 Å². The Hall–Kier alpha value is -1.87. The number of nitrogens with two attached hydrogens (primary N) is 1. The molecule has 0 unspecified atom stereocenters. The molecule has 2 N–H and O–H groups in total. The average molecular weight is 273 g/mol. The van der Waals surface area contributed by atoms with Gasteiger partial charge < -0.3 is 10.5 Å². The predicted octanol–water partition coefficient (Wildman–Crippen LogP) is 4.37. The van der Waals surface area contributed by atoms with Crippen molar-refractivity contribution in [2.45, 2.75) is 32.7 Å². The van der Waals surface area contributed by atoms with Gasteiger partial charge in [0.2, 0.25) is 0 Å². The minimum atomic E-state index is -0.339. The van der Waals surface area contributed by atoms with Crippen LogP contribution < -0.4 is 10.5 Å². The van der Waals surface area contributed by atoms with Gasteiger partial charge in [0, 0.05) is 12.6 Å². The summed E-state index contributed by atoms with van der Waals surface area (Å²) in [6.07, 6.45) is 0. The molecule has 0 aliphatic heterocycles. The molecule has 106 valence electrons. The third kappa shape index (κ3) is 3.58. The molecule has 0 saturated carbocycles. The molecule has 2 aromatic carbocycles. The molecule has 0 heterocycles. The molecule has 0 aromatic heterocycles. The molecule has 0 spiro atoms. The summed E-state index contributed by atoms with van der Waals surface area (Å²) < 4.78 is 19.1. The van der Waals surface area contributed by atoms with E-state index >= 15 is 0 Å². The van der Waals surface area contributed by atoms with E-state index in [2.05, 4.69) is 20.8 Å². The summed E-state index contributed by atoms with van der Waals surface area (Å²) in [6, 6.07) is 12.4. The molecule has 0 amide bonds. The van der Waals surface area contributed by atoms with Gasteiger partial charge in [-0.3, -0.25) is 0 Å². The van der Waals surface area contributed by atoms with E-state index in [9.17, 15) is 4.39 Å². The Labute approximate surface area is 119 Å². The van der Waals surface area contributed by atoms with Gasteiger partial charge in [-0.25, -0.2) is 4.39 Å². The van der Waals surface area contributed by atoms with Crippen LogP contribution >= 0.6 is 0 Å². The van der Waals surface area contributed by atoms with Crippen LogP contribution in [-0.2, 0) is 12.0 Å². The molecular formula is C17H20FNO. The van der Waals surface area contributed by atoms with Crippen molar-refractivity contribution in [2.24, 2.45) is 5.73 Å². The highest BCUT2D eigenvalue weighted by Gasteiger charge is 2.13. The van der Waals surface area contributed by atoms with Gasteiger partial charge in [-0.2, -0.15) is 0 Å². The van der Waals surface area contributed by atoms with Crippen molar-refractivity contribution in [1.82, 2.24) is 0 Å². The summed E-state index contributed by atoms with van der Waals surface area (Å²) in [5.41, 5.74) is 7.57. The van der Waals surface area contributed by atoms with Gasteiger partial charge in [-0.1, -0.05) is 32.9 Å². The summed E-state index contributed by atoms with van der Waals surface area (Å²) in [5.74, 6) is 0.815. The third-order valence-electron chi connectivity index (χ3n) is 3.12. The fourth-order valence-electron chi connectivity index (χ4n) is 1.96. The first kappa shape index (κ1) is 14.5. The van der Waals surface area contributed by atoms with Crippen LogP contribution in [0.3, 0.4) is 0 Å². The lowest BCUT2D eigenvalue weighted by Crippen LogP contribution is -2.10. The van der Waals surface area contributed by atoms with E-state index in [1.165, 1.54) is 17.7 Å². The first-order valence-electron chi connectivity index (χ1n) is 6.66. The van der Waals surface area contributed by atoms with E-state index < -0.39 is 0 Å². The van der Waals surface area contributed by atoms with Crippen LogP contribution in [0.1, 0.15) is 31.9 Å². The van der Waals surface area contributed by atoms with Gasteiger partial charge in [-0.15, -0.1) is 0 Å². The smallest absolute Gasteiger partial charge is 0.130 e. The maximum Gasteiger partial charge on any atom is 0.130 e. The summed E-state index contributed by atoms with van der Waals surface area (Å²) in [7, 11) is 0. The van der Waals surface area contributed by atoms with E-state index in [1.807, 2.05) is 24.3 Å². The van der Waals surface area contributed by atoms with Crippen molar-refractivity contribution < 1.29 is 9.13 Å². The topological polar surface area (TPSA) is 35.2 Å². The summed E-state index contributed by atoms with van der Waals surface area (Å²) in [6.45, 7) is 6.76. The number of benzene rings is 2. The van der Waals surface area contributed by atoms with Crippen molar-refractivity contribution in [3.63, 3.8) is 0 Å². The zero-order valence-corrected chi connectivity index (χ0v) is 12.1. The number of rotatable bonds is 3. The monoisotopic (exact) mass is 273 g/mol. The summed E-state index contributed by atoms with van der Waals surface area (Å²) >= 11 is 0. The Kier molecular flexibility index (Phi) is 4.09. The molecule has 0 bridgehead atoms. The van der Waals surface area contributed by atoms with E-state index in [0.717, 1.165) is 0 Å². The highest BCUT2D eigenvalue weighted by atomic mass is 19.1. The first-order chi connectivity index (χ1) is 9.38. The van der Waals surface area contributed by atoms with Crippen LogP contribution in [-0.4, -0.2) is 0 Å². The van der Waals surface area contributed by atoms with E-state index in [4.69, 9.17) is 10.5 Å². The highest BCUT2D eigenvalue weighted by molar-refractivity contribution is 5.37. The second kappa shape index (κ2) is 5.63. The molecule has 3 heteroatoms. The van der Waals surface area contributed by atoms with Crippen molar-refractivity contribution >= 4 is 0 Å². The fraction of sp³-hybridized carbons (Fsp3) is 0.294. The molecule has 2 aromatic rings. The molecule has 0 atom stereocenters. The Morgan fingerprint density at radius 1 is 1.00 bits per heavy atom.